The zero-order chi connectivity index (χ0) is 25.5. The molecular formula is C26H34N2O5S. The van der Waals surface area contributed by atoms with Gasteiger partial charge in [-0.25, -0.2) is 0 Å². The zero-order valence-electron chi connectivity index (χ0n) is 20.7. The second-order valence-electron chi connectivity index (χ2n) is 9.46. The van der Waals surface area contributed by atoms with Crippen LogP contribution in [0.5, 0.6) is 0 Å². The van der Waals surface area contributed by atoms with Gasteiger partial charge in [-0.1, -0.05) is 52.8 Å². The maximum atomic E-state index is 14.1. The minimum absolute atomic E-state index is 0.0280. The first-order valence-electron chi connectivity index (χ1n) is 11.7. The lowest BCUT2D eigenvalue weighted by atomic mass is 9.70. The molecule has 0 amide bonds. The monoisotopic (exact) mass is 486 g/mol. The fourth-order valence-corrected chi connectivity index (χ4v) is 5.34. The Balaban J connectivity index is 2.42. The number of hydrogen-bond acceptors (Lipinski definition) is 7. The molecule has 3 rings (SSSR count). The maximum absolute atomic E-state index is 14.1. The first-order chi connectivity index (χ1) is 15.9. The van der Waals surface area contributed by atoms with Crippen LogP contribution >= 0.6 is 0 Å². The summed E-state index contributed by atoms with van der Waals surface area (Å²) in [6, 6.07) is 7.90. The van der Waals surface area contributed by atoms with Crippen molar-refractivity contribution in [3.63, 3.8) is 0 Å². The molecule has 0 saturated heterocycles. The number of anilines is 1. The highest BCUT2D eigenvalue weighted by atomic mass is 32.2. The van der Waals surface area contributed by atoms with Crippen molar-refractivity contribution < 1.29 is 22.3 Å². The topological polar surface area (TPSA) is 116 Å². The highest BCUT2D eigenvalue weighted by Crippen LogP contribution is 2.43. The predicted octanol–water partition coefficient (Wildman–Crippen LogP) is 5.11. The molecule has 184 valence electrons. The molecule has 7 nitrogen and oxygen atoms in total. The van der Waals surface area contributed by atoms with Gasteiger partial charge >= 0.3 is 10.1 Å². The third kappa shape index (κ3) is 4.08. The van der Waals surface area contributed by atoms with E-state index in [1.54, 1.807) is 0 Å². The van der Waals surface area contributed by atoms with E-state index in [1.165, 1.54) is 18.2 Å². The molecule has 0 aliphatic heterocycles. The van der Waals surface area contributed by atoms with Crippen molar-refractivity contribution in [1.82, 2.24) is 0 Å². The third-order valence-corrected chi connectivity index (χ3v) is 8.89. The second kappa shape index (κ2) is 9.24. The van der Waals surface area contributed by atoms with Gasteiger partial charge in [0.05, 0.1) is 11.1 Å². The predicted molar refractivity (Wildman–Crippen MR) is 133 cm³/mol. The Morgan fingerprint density at radius 3 is 2.00 bits per heavy atom. The Kier molecular flexibility index (Phi) is 7.09. The van der Waals surface area contributed by atoms with E-state index in [-0.39, 0.29) is 27.6 Å². The van der Waals surface area contributed by atoms with Crippen LogP contribution in [0.25, 0.3) is 0 Å². The second-order valence-corrected chi connectivity index (χ2v) is 11.0. The fourth-order valence-electron chi connectivity index (χ4n) is 4.54. The average Bonchev–Trinajstić information content (AvgIpc) is 2.85. The first kappa shape index (κ1) is 26.1. The minimum atomic E-state index is -4.42. The van der Waals surface area contributed by atoms with Gasteiger partial charge in [-0.05, 0) is 55.7 Å². The number of nitrogens with two attached hydrogens (primary N) is 1. The summed E-state index contributed by atoms with van der Waals surface area (Å²) in [5.41, 5.74) is 1.03. The Labute approximate surface area is 202 Å². The Morgan fingerprint density at radius 1 is 0.853 bits per heavy atom. The summed E-state index contributed by atoms with van der Waals surface area (Å²) in [5, 5.41) is 3.50. The van der Waals surface area contributed by atoms with Gasteiger partial charge in [-0.3, -0.25) is 9.59 Å². The molecule has 0 spiro atoms. The SMILES string of the molecule is CCC(C)(CC)Nc1ccc(C(C)(CC)CC)c2c1C(=O)c1cccc(S(=O)(=O)ON)c1C2=O. The number of nitrogens with one attached hydrogen (secondary N) is 1. The largest absolute Gasteiger partial charge is 0.379 e. The van der Waals surface area contributed by atoms with E-state index in [0.717, 1.165) is 31.2 Å². The quantitative estimate of drug-likeness (QED) is 0.404. The standard InChI is InChI=1S/C26H34N2O5S/c1-7-25(5,8-2)17-14-15-18(28-26(6,9-3)10-4)22-21(17)24(30)20-16(23(22)29)12-11-13-19(20)34(31,32)33-27/h11-15,28H,7-10,27H2,1-6H3. The molecule has 0 radical (unpaired) electrons. The summed E-state index contributed by atoms with van der Waals surface area (Å²) < 4.78 is 29.3. The van der Waals surface area contributed by atoms with Crippen LogP contribution in [0.3, 0.4) is 0 Å². The van der Waals surface area contributed by atoms with Gasteiger partial charge < -0.3 is 5.32 Å². The van der Waals surface area contributed by atoms with Crippen LogP contribution in [0.4, 0.5) is 5.69 Å². The lowest BCUT2D eigenvalue weighted by molar-refractivity contribution is 0.0974. The summed E-state index contributed by atoms with van der Waals surface area (Å²) in [5.74, 6) is 4.11. The molecule has 2 aromatic rings. The van der Waals surface area contributed by atoms with Crippen LogP contribution in [0, 0.1) is 0 Å². The molecule has 0 saturated carbocycles. The van der Waals surface area contributed by atoms with Crippen LogP contribution in [-0.4, -0.2) is 25.5 Å². The summed E-state index contributed by atoms with van der Waals surface area (Å²) in [7, 11) is -4.42. The molecule has 1 aliphatic carbocycles. The van der Waals surface area contributed by atoms with E-state index < -0.39 is 26.6 Å². The Morgan fingerprint density at radius 2 is 1.47 bits per heavy atom. The Hall–Kier alpha value is -2.55. The number of ketones is 2. The first-order valence-corrected chi connectivity index (χ1v) is 13.2. The zero-order valence-corrected chi connectivity index (χ0v) is 21.6. The third-order valence-electron chi connectivity index (χ3n) is 7.76. The van der Waals surface area contributed by atoms with Crippen LogP contribution in [0.15, 0.2) is 35.2 Å². The van der Waals surface area contributed by atoms with Crippen molar-refractivity contribution in [2.75, 3.05) is 5.32 Å². The summed E-state index contributed by atoms with van der Waals surface area (Å²) in [6.07, 6.45) is 3.11. The smallest absolute Gasteiger partial charge is 0.313 e. The molecule has 0 heterocycles. The number of fused-ring (bicyclic) bond motifs is 2. The van der Waals surface area contributed by atoms with Crippen molar-refractivity contribution in [1.29, 1.82) is 0 Å². The molecule has 0 aromatic heterocycles. The maximum Gasteiger partial charge on any atom is 0.313 e. The molecule has 3 N–H and O–H groups in total. The molecule has 0 atom stereocenters. The van der Waals surface area contributed by atoms with Gasteiger partial charge in [-0.15, -0.1) is 0 Å². The molecule has 0 unspecified atom stereocenters. The van der Waals surface area contributed by atoms with Gasteiger partial charge in [0.15, 0.2) is 11.6 Å². The summed E-state index contributed by atoms with van der Waals surface area (Å²) in [4.78, 5) is 27.6. The summed E-state index contributed by atoms with van der Waals surface area (Å²) >= 11 is 0. The number of carbonyl (C=O) groups is 2. The van der Waals surface area contributed by atoms with E-state index in [9.17, 15) is 18.0 Å². The van der Waals surface area contributed by atoms with Crippen LogP contribution < -0.4 is 11.2 Å². The van der Waals surface area contributed by atoms with Crippen LogP contribution in [0.2, 0.25) is 0 Å². The van der Waals surface area contributed by atoms with Gasteiger partial charge in [0.2, 0.25) is 0 Å². The minimum Gasteiger partial charge on any atom is -0.379 e. The molecule has 0 fully saturated rings. The molecular weight excluding hydrogens is 452 g/mol. The van der Waals surface area contributed by atoms with Gasteiger partial charge in [0.1, 0.15) is 4.90 Å². The van der Waals surface area contributed by atoms with Crippen molar-refractivity contribution in [3.05, 3.63) is 58.1 Å². The highest BCUT2D eigenvalue weighted by molar-refractivity contribution is 7.86. The van der Waals surface area contributed by atoms with E-state index in [0.29, 0.717) is 11.3 Å². The van der Waals surface area contributed by atoms with Gasteiger partial charge in [0, 0.05) is 22.4 Å². The number of rotatable bonds is 9. The number of benzene rings is 2. The number of hydrogen-bond donors (Lipinski definition) is 2. The normalized spacial score (nSPS) is 14.1. The summed E-state index contributed by atoms with van der Waals surface area (Å²) in [6.45, 7) is 12.3. The van der Waals surface area contributed by atoms with Gasteiger partial charge in [-0.2, -0.15) is 18.6 Å². The lowest BCUT2D eigenvalue weighted by Gasteiger charge is -2.35. The van der Waals surface area contributed by atoms with E-state index in [4.69, 9.17) is 5.90 Å². The molecule has 8 heteroatoms. The lowest BCUT2D eigenvalue weighted by Crippen LogP contribution is -2.36. The average molecular weight is 487 g/mol. The van der Waals surface area contributed by atoms with E-state index in [1.807, 2.05) is 26.0 Å². The van der Waals surface area contributed by atoms with Crippen molar-refractivity contribution in [3.8, 4) is 0 Å². The number of carbonyl (C=O) groups excluding carboxylic acids is 2. The fraction of sp³-hybridized carbons (Fsp3) is 0.462. The molecule has 34 heavy (non-hydrogen) atoms. The molecule has 0 bridgehead atoms. The Bertz CT molecular complexity index is 1240. The molecule has 2 aromatic carbocycles. The van der Waals surface area contributed by atoms with Crippen LogP contribution in [0.1, 0.15) is 105 Å². The molecule has 1 aliphatic rings. The highest BCUT2D eigenvalue weighted by Gasteiger charge is 2.41. The van der Waals surface area contributed by atoms with Crippen molar-refractivity contribution >= 4 is 27.4 Å². The van der Waals surface area contributed by atoms with Crippen molar-refractivity contribution in [2.24, 2.45) is 5.90 Å². The van der Waals surface area contributed by atoms with Gasteiger partial charge in [0.25, 0.3) is 0 Å². The van der Waals surface area contributed by atoms with E-state index >= 15 is 0 Å². The van der Waals surface area contributed by atoms with E-state index in [2.05, 4.69) is 37.3 Å². The van der Waals surface area contributed by atoms with Crippen molar-refractivity contribution in [2.45, 2.75) is 83.1 Å². The van der Waals surface area contributed by atoms with Crippen LogP contribution in [-0.2, 0) is 19.8 Å².